The second-order valence-electron chi connectivity index (χ2n) is 5.33. The smallest absolute Gasteiger partial charge is 0.307 e. The third-order valence-electron chi connectivity index (χ3n) is 3.70. The fraction of sp³-hybridized carbons (Fsp3) is 0.375. The lowest BCUT2D eigenvalue weighted by atomic mass is 10.2. The minimum atomic E-state index is 0.0800. The third-order valence-corrected chi connectivity index (χ3v) is 5.52. The van der Waals surface area contributed by atoms with Crippen LogP contribution in [0.25, 0.3) is 11.4 Å². The molecule has 0 amide bonds. The van der Waals surface area contributed by atoms with Gasteiger partial charge in [-0.15, -0.1) is 10.2 Å². The number of thiazole rings is 1. The normalized spacial score (nSPS) is 11.1. The van der Waals surface area contributed by atoms with Crippen molar-refractivity contribution in [2.24, 2.45) is 0 Å². The van der Waals surface area contributed by atoms with Crippen molar-refractivity contribution < 1.29 is 4.74 Å². The summed E-state index contributed by atoms with van der Waals surface area (Å²) in [5, 5.41) is 11.4. The molecular formula is C16H19N5O2S2. The van der Waals surface area contributed by atoms with Crippen molar-refractivity contribution >= 4 is 23.1 Å². The van der Waals surface area contributed by atoms with Gasteiger partial charge >= 0.3 is 4.87 Å². The number of pyridine rings is 1. The number of aromatic nitrogens is 5. The summed E-state index contributed by atoms with van der Waals surface area (Å²) in [6.07, 6.45) is 3.48. The summed E-state index contributed by atoms with van der Waals surface area (Å²) in [7, 11) is 1.68. The lowest BCUT2D eigenvalue weighted by Crippen LogP contribution is -2.16. The average molecular weight is 377 g/mol. The van der Waals surface area contributed by atoms with Crippen LogP contribution in [0.5, 0.6) is 0 Å². The molecule has 0 aliphatic rings. The molecule has 132 valence electrons. The molecule has 0 radical (unpaired) electrons. The predicted octanol–water partition coefficient (Wildman–Crippen LogP) is 2.31. The van der Waals surface area contributed by atoms with Crippen molar-refractivity contribution in [1.29, 1.82) is 0 Å². The fourth-order valence-electron chi connectivity index (χ4n) is 2.40. The number of methoxy groups -OCH3 is 1. The van der Waals surface area contributed by atoms with Crippen LogP contribution in [-0.2, 0) is 17.8 Å². The molecule has 3 aromatic rings. The first-order chi connectivity index (χ1) is 12.2. The van der Waals surface area contributed by atoms with Gasteiger partial charge in [-0.2, -0.15) is 0 Å². The first kappa shape index (κ1) is 17.8. The van der Waals surface area contributed by atoms with Gasteiger partial charge in [0.2, 0.25) is 0 Å². The van der Waals surface area contributed by atoms with Crippen LogP contribution in [0, 0.1) is 6.92 Å². The van der Waals surface area contributed by atoms with Crippen molar-refractivity contribution in [3.8, 4) is 11.4 Å². The molecule has 3 rings (SSSR count). The summed E-state index contributed by atoms with van der Waals surface area (Å²) in [5.74, 6) is 1.55. The van der Waals surface area contributed by atoms with Gasteiger partial charge in [-0.1, -0.05) is 23.1 Å². The Morgan fingerprint density at radius 3 is 2.68 bits per heavy atom. The number of thioether (sulfide) groups is 1. The van der Waals surface area contributed by atoms with E-state index in [1.807, 2.05) is 29.0 Å². The molecule has 0 N–H and O–H groups in total. The van der Waals surface area contributed by atoms with Crippen LogP contribution < -0.4 is 4.87 Å². The summed E-state index contributed by atoms with van der Waals surface area (Å²) in [5.41, 5.74) is 1.96. The lowest BCUT2D eigenvalue weighted by molar-refractivity contribution is 0.185. The van der Waals surface area contributed by atoms with Gasteiger partial charge in [0.15, 0.2) is 11.0 Å². The van der Waals surface area contributed by atoms with E-state index in [2.05, 4.69) is 15.2 Å². The number of ether oxygens (including phenoxy) is 1. The highest BCUT2D eigenvalue weighted by Crippen LogP contribution is 2.23. The first-order valence-corrected chi connectivity index (χ1v) is 9.67. The van der Waals surface area contributed by atoms with Gasteiger partial charge < -0.3 is 9.30 Å². The molecule has 25 heavy (non-hydrogen) atoms. The Morgan fingerprint density at radius 1 is 1.20 bits per heavy atom. The maximum Gasteiger partial charge on any atom is 0.307 e. The summed E-state index contributed by atoms with van der Waals surface area (Å²) in [4.78, 5) is 15.9. The lowest BCUT2D eigenvalue weighted by Gasteiger charge is -2.10. The zero-order chi connectivity index (χ0) is 17.6. The van der Waals surface area contributed by atoms with Crippen molar-refractivity contribution in [2.75, 3.05) is 19.5 Å². The topological polar surface area (TPSA) is 74.8 Å². The average Bonchev–Trinajstić information content (AvgIpc) is 3.18. The van der Waals surface area contributed by atoms with Crippen molar-refractivity contribution in [1.82, 2.24) is 24.3 Å². The number of rotatable bonds is 8. The Balaban J connectivity index is 1.76. The van der Waals surface area contributed by atoms with Crippen molar-refractivity contribution in [2.45, 2.75) is 25.2 Å². The summed E-state index contributed by atoms with van der Waals surface area (Å²) < 4.78 is 9.05. The van der Waals surface area contributed by atoms with E-state index < -0.39 is 0 Å². The van der Waals surface area contributed by atoms with E-state index in [4.69, 9.17) is 4.74 Å². The maximum absolute atomic E-state index is 11.8. The number of aryl methyl sites for hydroxylation is 1. The molecular weight excluding hydrogens is 358 g/mol. The van der Waals surface area contributed by atoms with Crippen LogP contribution >= 0.6 is 23.1 Å². The van der Waals surface area contributed by atoms with Gasteiger partial charge in [0.05, 0.1) is 13.2 Å². The summed E-state index contributed by atoms with van der Waals surface area (Å²) >= 11 is 2.83. The minimum Gasteiger partial charge on any atom is -0.383 e. The van der Waals surface area contributed by atoms with Crippen LogP contribution in [-0.4, -0.2) is 43.8 Å². The van der Waals surface area contributed by atoms with Crippen molar-refractivity contribution in [3.05, 3.63) is 45.3 Å². The Morgan fingerprint density at radius 2 is 2.00 bits per heavy atom. The first-order valence-electron chi connectivity index (χ1n) is 7.81. The van der Waals surface area contributed by atoms with Crippen LogP contribution in [0.1, 0.15) is 5.69 Å². The standard InChI is InChI=1S/C16H19N5O2S2/c1-12-11-25-16(22)20(12)8-10-24-15-19-18-14(21(15)7-9-23-2)13-3-5-17-6-4-13/h3-6,11H,7-10H2,1-2H3. The summed E-state index contributed by atoms with van der Waals surface area (Å²) in [6.45, 7) is 3.85. The highest BCUT2D eigenvalue weighted by molar-refractivity contribution is 7.99. The van der Waals surface area contributed by atoms with Gasteiger partial charge in [0.1, 0.15) is 0 Å². The van der Waals surface area contributed by atoms with Gasteiger partial charge in [-0.25, -0.2) is 0 Å². The number of hydrogen-bond acceptors (Lipinski definition) is 7. The highest BCUT2D eigenvalue weighted by atomic mass is 32.2. The SMILES string of the molecule is COCCn1c(SCCn2c(C)csc2=O)nnc1-c1ccncc1. The van der Waals surface area contributed by atoms with E-state index in [1.54, 1.807) is 35.8 Å². The van der Waals surface area contributed by atoms with E-state index in [0.29, 0.717) is 19.7 Å². The van der Waals surface area contributed by atoms with Gasteiger partial charge in [0, 0.05) is 48.4 Å². The molecule has 3 heterocycles. The molecule has 0 aliphatic heterocycles. The number of hydrogen-bond donors (Lipinski definition) is 0. The van der Waals surface area contributed by atoms with E-state index in [-0.39, 0.29) is 4.87 Å². The van der Waals surface area contributed by atoms with Crippen molar-refractivity contribution in [3.63, 3.8) is 0 Å². The van der Waals surface area contributed by atoms with E-state index in [9.17, 15) is 4.79 Å². The van der Waals surface area contributed by atoms with Crippen LogP contribution in [0.3, 0.4) is 0 Å². The van der Waals surface area contributed by atoms with Crippen LogP contribution in [0.2, 0.25) is 0 Å². The third kappa shape index (κ3) is 4.17. The second kappa shape index (κ2) is 8.41. The fourth-order valence-corrected chi connectivity index (χ4v) is 4.05. The molecule has 0 fully saturated rings. The largest absolute Gasteiger partial charge is 0.383 e. The molecule has 7 nitrogen and oxygen atoms in total. The van der Waals surface area contributed by atoms with E-state index >= 15 is 0 Å². The maximum atomic E-state index is 11.8. The predicted molar refractivity (Wildman–Crippen MR) is 99.2 cm³/mol. The molecule has 0 bridgehead atoms. The zero-order valence-electron chi connectivity index (χ0n) is 14.1. The molecule has 0 atom stereocenters. The molecule has 3 aromatic heterocycles. The Bertz CT molecular complexity index is 872. The molecule has 0 spiro atoms. The Kier molecular flexibility index (Phi) is 6.00. The Labute approximate surface area is 153 Å². The molecule has 0 saturated heterocycles. The molecule has 0 unspecified atom stereocenters. The quantitative estimate of drug-likeness (QED) is 0.561. The van der Waals surface area contributed by atoms with E-state index in [0.717, 1.165) is 28.0 Å². The monoisotopic (exact) mass is 377 g/mol. The molecule has 0 saturated carbocycles. The van der Waals surface area contributed by atoms with Gasteiger partial charge in [-0.05, 0) is 19.1 Å². The van der Waals surface area contributed by atoms with Gasteiger partial charge in [-0.3, -0.25) is 14.3 Å². The Hall–Kier alpha value is -1.97. The van der Waals surface area contributed by atoms with Crippen LogP contribution in [0.4, 0.5) is 0 Å². The highest BCUT2D eigenvalue weighted by Gasteiger charge is 2.14. The molecule has 9 heteroatoms. The number of nitrogens with zero attached hydrogens (tertiary/aromatic N) is 5. The summed E-state index contributed by atoms with van der Waals surface area (Å²) in [6, 6.07) is 3.83. The zero-order valence-corrected chi connectivity index (χ0v) is 15.7. The minimum absolute atomic E-state index is 0.0800. The van der Waals surface area contributed by atoms with E-state index in [1.165, 1.54) is 11.3 Å². The molecule has 0 aromatic carbocycles. The van der Waals surface area contributed by atoms with Crippen LogP contribution in [0.15, 0.2) is 39.9 Å². The molecule has 0 aliphatic carbocycles. The second-order valence-corrected chi connectivity index (χ2v) is 7.21. The van der Waals surface area contributed by atoms with Gasteiger partial charge in [0.25, 0.3) is 0 Å².